The van der Waals surface area contributed by atoms with Gasteiger partial charge in [0.1, 0.15) is 12.1 Å². The van der Waals surface area contributed by atoms with Gasteiger partial charge in [0.2, 0.25) is 5.91 Å². The molecule has 3 aliphatic heterocycles. The standard InChI is InChI=1S/C20H32N4O3.ClH/c1-19(2,3)15-4-6-20(7-5-15)17(26)24(18(27)22-20)12-16(25)23-10-13-8-21-9-14(13)11-23;/h13-15,21H,4-12H2,1-3H3,(H,22,27);1H/t13-,14+,15?,20?;. The van der Waals surface area contributed by atoms with E-state index < -0.39 is 11.6 Å². The number of hydrogen-bond acceptors (Lipinski definition) is 4. The number of urea groups is 1. The van der Waals surface area contributed by atoms with Crippen LogP contribution >= 0.6 is 12.4 Å². The number of hydrogen-bond donors (Lipinski definition) is 2. The van der Waals surface area contributed by atoms with E-state index in [0.29, 0.717) is 30.6 Å². The van der Waals surface area contributed by atoms with Crippen molar-refractivity contribution in [1.29, 1.82) is 0 Å². The maximum absolute atomic E-state index is 13.1. The van der Waals surface area contributed by atoms with E-state index in [9.17, 15) is 14.4 Å². The topological polar surface area (TPSA) is 81.8 Å². The maximum atomic E-state index is 13.1. The van der Waals surface area contributed by atoms with Gasteiger partial charge in [0.25, 0.3) is 5.91 Å². The van der Waals surface area contributed by atoms with Crippen molar-refractivity contribution in [2.45, 2.75) is 52.0 Å². The van der Waals surface area contributed by atoms with Gasteiger partial charge < -0.3 is 15.5 Å². The molecule has 4 amide bonds. The lowest BCUT2D eigenvalue weighted by atomic mass is 9.67. The molecule has 158 valence electrons. The Bertz CT molecular complexity index is 642. The van der Waals surface area contributed by atoms with Crippen molar-refractivity contribution >= 4 is 30.3 Å². The van der Waals surface area contributed by atoms with Gasteiger partial charge in [-0.25, -0.2) is 4.79 Å². The normalized spacial score (nSPS) is 35.2. The number of fused-ring (bicyclic) bond motifs is 1. The average molecular weight is 413 g/mol. The molecule has 4 fully saturated rings. The summed E-state index contributed by atoms with van der Waals surface area (Å²) < 4.78 is 0. The molecule has 1 aliphatic carbocycles. The molecule has 0 aromatic carbocycles. The van der Waals surface area contributed by atoms with E-state index in [1.54, 1.807) is 0 Å². The third kappa shape index (κ3) is 3.63. The number of carbonyl (C=O) groups excluding carboxylic acids is 3. The highest BCUT2D eigenvalue weighted by atomic mass is 35.5. The first-order chi connectivity index (χ1) is 12.7. The van der Waals surface area contributed by atoms with Gasteiger partial charge in [0, 0.05) is 26.2 Å². The van der Waals surface area contributed by atoms with E-state index in [0.717, 1.165) is 43.9 Å². The molecule has 0 aromatic rings. The van der Waals surface area contributed by atoms with Gasteiger partial charge in [-0.05, 0) is 48.9 Å². The van der Waals surface area contributed by atoms with Gasteiger partial charge >= 0.3 is 6.03 Å². The first kappa shape index (κ1) is 21.4. The van der Waals surface area contributed by atoms with Crippen LogP contribution in [-0.4, -0.2) is 65.9 Å². The summed E-state index contributed by atoms with van der Waals surface area (Å²) in [5.41, 5.74) is -0.573. The highest BCUT2D eigenvalue weighted by Crippen LogP contribution is 2.43. The number of nitrogens with one attached hydrogen (secondary N) is 2. The lowest BCUT2D eigenvalue weighted by Gasteiger charge is -2.40. The van der Waals surface area contributed by atoms with Crippen molar-refractivity contribution in [3.05, 3.63) is 0 Å². The van der Waals surface area contributed by atoms with Crippen molar-refractivity contribution in [2.75, 3.05) is 32.7 Å². The van der Waals surface area contributed by atoms with Gasteiger partial charge in [0.15, 0.2) is 0 Å². The summed E-state index contributed by atoms with van der Waals surface area (Å²) in [5.74, 6) is 1.27. The number of nitrogens with zero attached hydrogens (tertiary/aromatic N) is 2. The predicted molar refractivity (Wildman–Crippen MR) is 108 cm³/mol. The Labute approximate surface area is 173 Å². The molecule has 7 nitrogen and oxygen atoms in total. The number of amides is 4. The number of carbonyl (C=O) groups is 3. The Hall–Kier alpha value is -1.34. The Balaban J connectivity index is 0.00000225. The predicted octanol–water partition coefficient (Wildman–Crippen LogP) is 1.61. The summed E-state index contributed by atoms with van der Waals surface area (Å²) >= 11 is 0. The second-order valence-electron chi connectivity index (χ2n) is 10.0. The lowest BCUT2D eigenvalue weighted by Crippen LogP contribution is -2.51. The van der Waals surface area contributed by atoms with E-state index in [2.05, 4.69) is 31.4 Å². The zero-order chi connectivity index (χ0) is 19.4. The quantitative estimate of drug-likeness (QED) is 0.675. The highest BCUT2D eigenvalue weighted by molar-refractivity contribution is 6.09. The third-order valence-electron chi connectivity index (χ3n) is 7.35. The Kier molecular flexibility index (Phi) is 5.71. The fourth-order valence-corrected chi connectivity index (χ4v) is 5.43. The van der Waals surface area contributed by atoms with E-state index in [1.165, 1.54) is 0 Å². The smallest absolute Gasteiger partial charge is 0.325 e. The lowest BCUT2D eigenvalue weighted by molar-refractivity contribution is -0.139. The van der Waals surface area contributed by atoms with E-state index >= 15 is 0 Å². The van der Waals surface area contributed by atoms with Gasteiger partial charge in [-0.2, -0.15) is 0 Å². The summed E-state index contributed by atoms with van der Waals surface area (Å²) in [6.07, 6.45) is 3.20. The molecule has 0 bridgehead atoms. The molecule has 2 atom stereocenters. The number of imide groups is 1. The minimum absolute atomic E-state index is 0. The van der Waals surface area contributed by atoms with Crippen molar-refractivity contribution in [2.24, 2.45) is 23.2 Å². The molecular weight excluding hydrogens is 380 g/mol. The van der Waals surface area contributed by atoms with Crippen LogP contribution in [0.15, 0.2) is 0 Å². The van der Waals surface area contributed by atoms with E-state index in [-0.39, 0.29) is 36.2 Å². The number of halogens is 1. The summed E-state index contributed by atoms with van der Waals surface area (Å²) in [6, 6.07) is -0.399. The maximum Gasteiger partial charge on any atom is 0.325 e. The van der Waals surface area contributed by atoms with Gasteiger partial charge in [0.05, 0.1) is 0 Å². The Morgan fingerprint density at radius 1 is 1.11 bits per heavy atom. The number of likely N-dealkylation sites (tertiary alicyclic amines) is 1. The monoisotopic (exact) mass is 412 g/mol. The first-order valence-corrected chi connectivity index (χ1v) is 10.3. The summed E-state index contributed by atoms with van der Waals surface area (Å²) in [5, 5.41) is 6.29. The van der Waals surface area contributed by atoms with Gasteiger partial charge in [-0.1, -0.05) is 20.8 Å². The first-order valence-electron chi connectivity index (χ1n) is 10.3. The van der Waals surface area contributed by atoms with Crippen molar-refractivity contribution in [3.63, 3.8) is 0 Å². The van der Waals surface area contributed by atoms with Crippen LogP contribution in [-0.2, 0) is 9.59 Å². The molecule has 0 radical (unpaired) electrons. The summed E-state index contributed by atoms with van der Waals surface area (Å²) in [7, 11) is 0. The molecule has 1 saturated carbocycles. The molecule has 4 aliphatic rings. The van der Waals surface area contributed by atoms with Crippen molar-refractivity contribution in [3.8, 4) is 0 Å². The van der Waals surface area contributed by atoms with Gasteiger partial charge in [-0.3, -0.25) is 14.5 Å². The molecule has 3 heterocycles. The second kappa shape index (κ2) is 7.48. The van der Waals surface area contributed by atoms with E-state index in [1.807, 2.05) is 4.90 Å². The van der Waals surface area contributed by atoms with Crippen LogP contribution in [0.5, 0.6) is 0 Å². The fraction of sp³-hybridized carbons (Fsp3) is 0.850. The molecule has 28 heavy (non-hydrogen) atoms. The summed E-state index contributed by atoms with van der Waals surface area (Å²) in [6.45, 7) is 9.95. The van der Waals surface area contributed by atoms with Crippen LogP contribution in [0.1, 0.15) is 46.5 Å². The minimum Gasteiger partial charge on any atom is -0.340 e. The van der Waals surface area contributed by atoms with Gasteiger partial charge in [-0.15, -0.1) is 12.4 Å². The van der Waals surface area contributed by atoms with Crippen molar-refractivity contribution in [1.82, 2.24) is 20.4 Å². The highest BCUT2D eigenvalue weighted by Gasteiger charge is 2.54. The minimum atomic E-state index is -0.787. The average Bonchev–Trinajstić information content (AvgIpc) is 3.24. The van der Waals surface area contributed by atoms with Crippen molar-refractivity contribution < 1.29 is 14.4 Å². The zero-order valence-electron chi connectivity index (χ0n) is 17.1. The molecule has 0 aromatic heterocycles. The molecular formula is C20H33ClN4O3. The Morgan fingerprint density at radius 2 is 1.68 bits per heavy atom. The molecule has 2 N–H and O–H groups in total. The molecule has 1 spiro atoms. The largest absolute Gasteiger partial charge is 0.340 e. The van der Waals surface area contributed by atoms with Crippen LogP contribution in [0.4, 0.5) is 4.79 Å². The van der Waals surface area contributed by atoms with Crippen LogP contribution < -0.4 is 10.6 Å². The Morgan fingerprint density at radius 3 is 2.21 bits per heavy atom. The molecule has 8 heteroatoms. The second-order valence-corrected chi connectivity index (χ2v) is 10.0. The summed E-state index contributed by atoms with van der Waals surface area (Å²) in [4.78, 5) is 41.3. The molecule has 4 rings (SSSR count). The van der Waals surface area contributed by atoms with Crippen LogP contribution in [0.2, 0.25) is 0 Å². The molecule has 0 unspecified atom stereocenters. The zero-order valence-corrected chi connectivity index (χ0v) is 17.9. The fourth-order valence-electron chi connectivity index (χ4n) is 5.43. The van der Waals surface area contributed by atoms with Crippen LogP contribution in [0.25, 0.3) is 0 Å². The molecule has 3 saturated heterocycles. The number of rotatable bonds is 2. The third-order valence-corrected chi connectivity index (χ3v) is 7.35. The van der Waals surface area contributed by atoms with Crippen LogP contribution in [0, 0.1) is 23.2 Å². The van der Waals surface area contributed by atoms with Crippen LogP contribution in [0.3, 0.4) is 0 Å². The van der Waals surface area contributed by atoms with E-state index in [4.69, 9.17) is 0 Å². The SMILES string of the molecule is CC(C)(C)C1CCC2(CC1)NC(=O)N(CC(=O)N1C[C@H]3CNC[C@H]3C1)C2=O.Cl.